The Morgan fingerprint density at radius 1 is 0.968 bits per heavy atom. The number of carbonyl (C=O) groups is 1. The summed E-state index contributed by atoms with van der Waals surface area (Å²) in [6.45, 7) is 0. The van der Waals surface area contributed by atoms with Crippen molar-refractivity contribution >= 4 is 56.0 Å². The summed E-state index contributed by atoms with van der Waals surface area (Å²) in [6, 6.07) is 21.4. The molecule has 8 heteroatoms. The Balaban J connectivity index is 1.54. The number of hydrogen-bond donors (Lipinski definition) is 2. The highest BCUT2D eigenvalue weighted by Gasteiger charge is 2.33. The van der Waals surface area contributed by atoms with E-state index in [0.717, 1.165) is 28.3 Å². The van der Waals surface area contributed by atoms with Crippen molar-refractivity contribution in [2.24, 2.45) is 0 Å². The van der Waals surface area contributed by atoms with Crippen LogP contribution in [0.3, 0.4) is 0 Å². The summed E-state index contributed by atoms with van der Waals surface area (Å²) in [4.78, 5) is 18.1. The Bertz CT molecular complexity index is 1390. The first-order valence-electron chi connectivity index (χ1n) is 9.48. The number of hydrogen-bond acceptors (Lipinski definition) is 4. The van der Waals surface area contributed by atoms with Gasteiger partial charge in [-0.15, -0.1) is 11.3 Å². The van der Waals surface area contributed by atoms with Crippen LogP contribution in [0, 0.1) is 0 Å². The van der Waals surface area contributed by atoms with Crippen molar-refractivity contribution in [1.29, 1.82) is 0 Å². The van der Waals surface area contributed by atoms with Crippen LogP contribution in [0.1, 0.15) is 11.3 Å². The number of rotatable bonds is 5. The van der Waals surface area contributed by atoms with Crippen LogP contribution in [0.5, 0.6) is 0 Å². The van der Waals surface area contributed by atoms with Gasteiger partial charge in [-0.1, -0.05) is 30.3 Å². The van der Waals surface area contributed by atoms with Crippen LogP contribution in [0.15, 0.2) is 88.6 Å². The van der Waals surface area contributed by atoms with Crippen molar-refractivity contribution in [2.75, 3.05) is 9.62 Å². The predicted octanol–water partition coefficient (Wildman–Crippen LogP) is 5.10. The van der Waals surface area contributed by atoms with Gasteiger partial charge < -0.3 is 4.98 Å². The highest BCUT2D eigenvalue weighted by molar-refractivity contribution is 7.94. The molecular formula is C23H17N3O3S2. The zero-order valence-corrected chi connectivity index (χ0v) is 17.8. The monoisotopic (exact) mass is 447 g/mol. The summed E-state index contributed by atoms with van der Waals surface area (Å²) in [5.41, 5.74) is 3.95. The van der Waals surface area contributed by atoms with Crippen molar-refractivity contribution in [1.82, 2.24) is 4.98 Å². The molecule has 0 saturated heterocycles. The lowest BCUT2D eigenvalue weighted by molar-refractivity contribution is -0.112. The van der Waals surface area contributed by atoms with E-state index in [4.69, 9.17) is 0 Å². The number of nitrogens with one attached hydrogen (secondary N) is 2. The lowest BCUT2D eigenvalue weighted by Crippen LogP contribution is -2.20. The number of H-pyrrole nitrogens is 1. The lowest BCUT2D eigenvalue weighted by Gasteiger charge is -2.18. The third-order valence-corrected chi connectivity index (χ3v) is 7.69. The van der Waals surface area contributed by atoms with Crippen LogP contribution in [-0.2, 0) is 14.8 Å². The van der Waals surface area contributed by atoms with Gasteiger partial charge in [0.25, 0.3) is 15.9 Å². The normalized spacial score (nSPS) is 14.8. The molecule has 3 heterocycles. The van der Waals surface area contributed by atoms with Crippen molar-refractivity contribution < 1.29 is 13.2 Å². The van der Waals surface area contributed by atoms with Crippen molar-refractivity contribution in [3.05, 3.63) is 95.6 Å². The van der Waals surface area contributed by atoms with Crippen LogP contribution in [0.2, 0.25) is 0 Å². The minimum atomic E-state index is -3.68. The average Bonchev–Trinajstić information content (AvgIpc) is 3.51. The van der Waals surface area contributed by atoms with Crippen molar-refractivity contribution in [3.63, 3.8) is 0 Å². The molecule has 0 spiro atoms. The molecule has 0 fully saturated rings. The fraction of sp³-hybridized carbons (Fsp3) is 0. The third-order valence-electron chi connectivity index (χ3n) is 4.91. The van der Waals surface area contributed by atoms with Gasteiger partial charge in [-0.25, -0.2) is 8.42 Å². The standard InChI is InChI=1S/C23H17N3O3S2/c27-23-20(15-16-7-4-12-24-16)19-9-1-2-10-21(19)26(23)18-8-3-6-17(14-18)25-31(28,29)22-11-5-13-30-22/h1-15,24-25H. The molecule has 6 nitrogen and oxygen atoms in total. The van der Waals surface area contributed by atoms with Gasteiger partial charge in [-0.2, -0.15) is 0 Å². The number of fused-ring (bicyclic) bond motifs is 1. The molecule has 4 aromatic rings. The topological polar surface area (TPSA) is 82.3 Å². The third kappa shape index (κ3) is 3.56. The average molecular weight is 448 g/mol. The Hall–Kier alpha value is -3.62. The van der Waals surface area contributed by atoms with Gasteiger partial charge >= 0.3 is 0 Å². The molecule has 0 aliphatic carbocycles. The quantitative estimate of drug-likeness (QED) is 0.418. The highest BCUT2D eigenvalue weighted by Crippen LogP contribution is 2.42. The van der Waals surface area contributed by atoms with E-state index in [1.165, 1.54) is 0 Å². The number of benzene rings is 2. The summed E-state index contributed by atoms with van der Waals surface area (Å²) >= 11 is 1.15. The molecule has 0 saturated carbocycles. The number of para-hydroxylation sites is 1. The summed E-state index contributed by atoms with van der Waals surface area (Å²) in [6.07, 6.45) is 3.63. The van der Waals surface area contributed by atoms with Crippen LogP contribution >= 0.6 is 11.3 Å². The minimum absolute atomic E-state index is 0.172. The zero-order chi connectivity index (χ0) is 21.4. The molecule has 2 N–H and O–H groups in total. The first-order valence-corrected chi connectivity index (χ1v) is 11.8. The number of aromatic nitrogens is 1. The van der Waals surface area contributed by atoms with Crippen molar-refractivity contribution in [2.45, 2.75) is 4.21 Å². The number of sulfonamides is 1. The molecule has 2 aromatic heterocycles. The fourth-order valence-electron chi connectivity index (χ4n) is 3.56. The summed E-state index contributed by atoms with van der Waals surface area (Å²) in [5.74, 6) is -0.172. The van der Waals surface area contributed by atoms with E-state index in [-0.39, 0.29) is 10.1 Å². The van der Waals surface area contributed by atoms with Gasteiger partial charge in [-0.3, -0.25) is 14.4 Å². The number of nitrogens with zero attached hydrogens (tertiary/aromatic N) is 1. The maximum absolute atomic E-state index is 13.4. The second-order valence-electron chi connectivity index (χ2n) is 6.93. The molecule has 1 amide bonds. The van der Waals surface area contributed by atoms with E-state index in [2.05, 4.69) is 9.71 Å². The molecule has 0 unspecified atom stereocenters. The molecule has 154 valence electrons. The SMILES string of the molecule is O=C1C(=Cc2ccc[nH]2)c2ccccc2N1c1cccc(NS(=O)(=O)c2cccs2)c1. The summed E-state index contributed by atoms with van der Waals surface area (Å²) < 4.78 is 28.0. The predicted molar refractivity (Wildman–Crippen MR) is 124 cm³/mol. The number of thiophene rings is 1. The van der Waals surface area contributed by atoms with E-state index in [0.29, 0.717) is 16.9 Å². The molecule has 0 atom stereocenters. The van der Waals surface area contributed by atoms with Gasteiger partial charge in [0, 0.05) is 17.5 Å². The van der Waals surface area contributed by atoms with E-state index in [1.807, 2.05) is 42.5 Å². The largest absolute Gasteiger partial charge is 0.362 e. The Morgan fingerprint density at radius 2 is 1.84 bits per heavy atom. The molecule has 0 radical (unpaired) electrons. The highest BCUT2D eigenvalue weighted by atomic mass is 32.2. The molecule has 31 heavy (non-hydrogen) atoms. The van der Waals surface area contributed by atoms with Crippen molar-refractivity contribution in [3.8, 4) is 0 Å². The van der Waals surface area contributed by atoms with Gasteiger partial charge in [0.1, 0.15) is 4.21 Å². The fourth-order valence-corrected chi connectivity index (χ4v) is 5.60. The van der Waals surface area contributed by atoms with Crippen LogP contribution < -0.4 is 9.62 Å². The van der Waals surface area contributed by atoms with Crippen LogP contribution in [0.25, 0.3) is 11.6 Å². The minimum Gasteiger partial charge on any atom is -0.362 e. The molecule has 0 bridgehead atoms. The second kappa shape index (κ2) is 7.57. The number of anilines is 3. The van der Waals surface area contributed by atoms with E-state index in [9.17, 15) is 13.2 Å². The molecule has 2 aromatic carbocycles. The number of aromatic amines is 1. The van der Waals surface area contributed by atoms with Gasteiger partial charge in [-0.05, 0) is 53.9 Å². The number of carbonyl (C=O) groups excluding carboxylic acids is 1. The Labute approximate surface area is 183 Å². The van der Waals surface area contributed by atoms with Crippen LogP contribution in [-0.4, -0.2) is 19.3 Å². The molecule has 1 aliphatic heterocycles. The summed E-state index contributed by atoms with van der Waals surface area (Å²) in [7, 11) is -3.68. The maximum Gasteiger partial charge on any atom is 0.271 e. The van der Waals surface area contributed by atoms with E-state index < -0.39 is 10.0 Å². The molecule has 1 aliphatic rings. The second-order valence-corrected chi connectivity index (χ2v) is 9.79. The zero-order valence-electron chi connectivity index (χ0n) is 16.1. The van der Waals surface area contributed by atoms with Gasteiger partial charge in [0.15, 0.2) is 0 Å². The molecule has 5 rings (SSSR count). The maximum atomic E-state index is 13.4. The summed E-state index contributed by atoms with van der Waals surface area (Å²) in [5, 5.41) is 1.71. The van der Waals surface area contributed by atoms with E-state index in [1.54, 1.807) is 52.9 Å². The Morgan fingerprint density at radius 3 is 2.61 bits per heavy atom. The smallest absolute Gasteiger partial charge is 0.271 e. The van der Waals surface area contributed by atoms with Gasteiger partial charge in [0.05, 0.1) is 22.6 Å². The Kier molecular flexibility index (Phi) is 4.72. The van der Waals surface area contributed by atoms with Crippen LogP contribution in [0.4, 0.5) is 17.1 Å². The first-order chi connectivity index (χ1) is 15.0. The number of amides is 1. The first kappa shape index (κ1) is 19.3. The molecular weight excluding hydrogens is 430 g/mol. The van der Waals surface area contributed by atoms with Gasteiger partial charge in [0.2, 0.25) is 0 Å². The van der Waals surface area contributed by atoms with E-state index >= 15 is 0 Å². The lowest BCUT2D eigenvalue weighted by atomic mass is 10.1.